The van der Waals surface area contributed by atoms with E-state index in [4.69, 9.17) is 0 Å². The Hall–Kier alpha value is -2.95. The summed E-state index contributed by atoms with van der Waals surface area (Å²) in [4.78, 5) is 24.5. The first-order chi connectivity index (χ1) is 12.3. The van der Waals surface area contributed by atoms with E-state index in [2.05, 4.69) is 25.9 Å². The SMILES string of the molecule is CC(=O)n1nc(Cc2ccccc2)n(-c2ccc(C(C)(C)C)cc2)c1=O. The Morgan fingerprint density at radius 3 is 2.15 bits per heavy atom. The molecule has 5 nitrogen and oxygen atoms in total. The lowest BCUT2D eigenvalue weighted by atomic mass is 9.87. The molecule has 0 saturated carbocycles. The monoisotopic (exact) mass is 349 g/mol. The zero-order valence-electron chi connectivity index (χ0n) is 15.6. The Labute approximate surface area is 152 Å². The first-order valence-electron chi connectivity index (χ1n) is 8.64. The molecule has 0 amide bonds. The summed E-state index contributed by atoms with van der Waals surface area (Å²) in [5, 5.41) is 4.27. The average Bonchev–Trinajstić information content (AvgIpc) is 2.91. The van der Waals surface area contributed by atoms with Crippen LogP contribution >= 0.6 is 0 Å². The average molecular weight is 349 g/mol. The predicted octanol–water partition coefficient (Wildman–Crippen LogP) is 3.58. The normalized spacial score (nSPS) is 11.5. The number of nitrogens with zero attached hydrogens (tertiary/aromatic N) is 3. The molecule has 3 aromatic rings. The van der Waals surface area contributed by atoms with Gasteiger partial charge in [-0.1, -0.05) is 63.2 Å². The number of rotatable bonds is 3. The van der Waals surface area contributed by atoms with Crippen molar-refractivity contribution in [2.24, 2.45) is 0 Å². The van der Waals surface area contributed by atoms with Crippen molar-refractivity contribution < 1.29 is 4.79 Å². The van der Waals surface area contributed by atoms with Gasteiger partial charge in [-0.15, -0.1) is 9.78 Å². The van der Waals surface area contributed by atoms with E-state index < -0.39 is 11.6 Å². The molecule has 2 aromatic carbocycles. The van der Waals surface area contributed by atoms with Crippen molar-refractivity contribution in [3.8, 4) is 5.69 Å². The van der Waals surface area contributed by atoms with Crippen LogP contribution in [0.15, 0.2) is 59.4 Å². The Bertz CT molecular complexity index is 975. The fourth-order valence-corrected chi connectivity index (χ4v) is 2.88. The Balaban J connectivity index is 2.10. The minimum absolute atomic E-state index is 0.0277. The molecule has 0 N–H and O–H groups in total. The van der Waals surface area contributed by atoms with Crippen molar-refractivity contribution in [2.45, 2.75) is 39.5 Å². The van der Waals surface area contributed by atoms with Crippen molar-refractivity contribution >= 4 is 5.91 Å². The van der Waals surface area contributed by atoms with Crippen LogP contribution in [0, 0.1) is 0 Å². The van der Waals surface area contributed by atoms with Crippen LogP contribution in [0.4, 0.5) is 0 Å². The van der Waals surface area contributed by atoms with Gasteiger partial charge < -0.3 is 0 Å². The molecule has 1 aromatic heterocycles. The molecular weight excluding hydrogens is 326 g/mol. The second-order valence-electron chi connectivity index (χ2n) is 7.42. The molecule has 0 aliphatic carbocycles. The standard InChI is InChI=1S/C21H23N3O2/c1-15(25)24-20(26)23(18-12-10-17(11-13-18)21(2,3)4)19(22-24)14-16-8-6-5-7-9-16/h5-13H,14H2,1-4H3. The Morgan fingerprint density at radius 2 is 1.62 bits per heavy atom. The third-order valence-corrected chi connectivity index (χ3v) is 4.34. The Morgan fingerprint density at radius 1 is 1.00 bits per heavy atom. The van der Waals surface area contributed by atoms with Crippen LogP contribution < -0.4 is 5.69 Å². The highest BCUT2D eigenvalue weighted by Gasteiger charge is 2.19. The minimum atomic E-state index is -0.438. The summed E-state index contributed by atoms with van der Waals surface area (Å²) in [6.45, 7) is 7.77. The van der Waals surface area contributed by atoms with E-state index in [0.717, 1.165) is 10.2 Å². The van der Waals surface area contributed by atoms with Gasteiger partial charge in [-0.05, 0) is 28.7 Å². The zero-order chi connectivity index (χ0) is 18.9. The number of aromatic nitrogens is 3. The van der Waals surface area contributed by atoms with E-state index in [0.29, 0.717) is 17.9 Å². The number of carbonyl (C=O) groups is 1. The summed E-state index contributed by atoms with van der Waals surface area (Å²) in [5.74, 6) is 0.147. The summed E-state index contributed by atoms with van der Waals surface area (Å²) < 4.78 is 2.44. The van der Waals surface area contributed by atoms with Crippen LogP contribution in [0.2, 0.25) is 0 Å². The third kappa shape index (κ3) is 3.52. The fraction of sp³-hybridized carbons (Fsp3) is 0.286. The van der Waals surface area contributed by atoms with Crippen LogP contribution in [0.5, 0.6) is 0 Å². The topological polar surface area (TPSA) is 56.9 Å². The molecule has 0 saturated heterocycles. The first-order valence-corrected chi connectivity index (χ1v) is 8.64. The molecular formula is C21H23N3O2. The lowest BCUT2D eigenvalue weighted by molar-refractivity contribution is 0.0916. The second-order valence-corrected chi connectivity index (χ2v) is 7.42. The molecule has 26 heavy (non-hydrogen) atoms. The van der Waals surface area contributed by atoms with E-state index in [1.807, 2.05) is 54.6 Å². The van der Waals surface area contributed by atoms with Crippen molar-refractivity contribution in [3.05, 3.63) is 82.0 Å². The zero-order valence-corrected chi connectivity index (χ0v) is 15.6. The molecule has 0 fully saturated rings. The lowest BCUT2D eigenvalue weighted by Gasteiger charge is -2.19. The van der Waals surface area contributed by atoms with Gasteiger partial charge in [0.2, 0.25) is 5.91 Å². The lowest BCUT2D eigenvalue weighted by Crippen LogP contribution is -2.27. The Kier molecular flexibility index (Phi) is 4.64. The third-order valence-electron chi connectivity index (χ3n) is 4.34. The van der Waals surface area contributed by atoms with Crippen LogP contribution in [-0.4, -0.2) is 20.3 Å². The summed E-state index contributed by atoms with van der Waals surface area (Å²) in [6, 6.07) is 17.6. The van der Waals surface area contributed by atoms with Gasteiger partial charge in [0.05, 0.1) is 5.69 Å². The molecule has 1 heterocycles. The first kappa shape index (κ1) is 17.9. The second kappa shape index (κ2) is 6.75. The van der Waals surface area contributed by atoms with Crippen molar-refractivity contribution in [1.29, 1.82) is 0 Å². The van der Waals surface area contributed by atoms with E-state index >= 15 is 0 Å². The molecule has 0 aliphatic rings. The maximum atomic E-state index is 12.7. The summed E-state index contributed by atoms with van der Waals surface area (Å²) in [5.41, 5.74) is 2.51. The molecule has 134 valence electrons. The summed E-state index contributed by atoms with van der Waals surface area (Å²) in [6.07, 6.45) is 0.470. The van der Waals surface area contributed by atoms with Gasteiger partial charge >= 0.3 is 5.69 Å². The quantitative estimate of drug-likeness (QED) is 0.726. The van der Waals surface area contributed by atoms with E-state index in [1.54, 1.807) is 0 Å². The van der Waals surface area contributed by atoms with Crippen LogP contribution in [0.3, 0.4) is 0 Å². The van der Waals surface area contributed by atoms with Crippen LogP contribution in [0.25, 0.3) is 5.69 Å². The fourth-order valence-electron chi connectivity index (χ4n) is 2.88. The molecule has 0 radical (unpaired) electrons. The van der Waals surface area contributed by atoms with Crippen LogP contribution in [0.1, 0.15) is 49.4 Å². The highest BCUT2D eigenvalue weighted by atomic mass is 16.2. The molecule has 0 bridgehead atoms. The van der Waals surface area contributed by atoms with Crippen molar-refractivity contribution in [3.63, 3.8) is 0 Å². The summed E-state index contributed by atoms with van der Waals surface area (Å²) >= 11 is 0. The predicted molar refractivity (Wildman–Crippen MR) is 102 cm³/mol. The van der Waals surface area contributed by atoms with Gasteiger partial charge in [0, 0.05) is 13.3 Å². The van der Waals surface area contributed by atoms with Crippen molar-refractivity contribution in [1.82, 2.24) is 14.3 Å². The van der Waals surface area contributed by atoms with E-state index in [9.17, 15) is 9.59 Å². The molecule has 3 rings (SSSR count). The van der Waals surface area contributed by atoms with E-state index in [1.165, 1.54) is 17.1 Å². The number of carbonyl (C=O) groups excluding carboxylic acids is 1. The highest BCUT2D eigenvalue weighted by Crippen LogP contribution is 2.23. The molecule has 0 atom stereocenters. The highest BCUT2D eigenvalue weighted by molar-refractivity contribution is 5.74. The van der Waals surface area contributed by atoms with Gasteiger partial charge in [0.15, 0.2) is 0 Å². The molecule has 5 heteroatoms. The van der Waals surface area contributed by atoms with Gasteiger partial charge in [-0.2, -0.15) is 0 Å². The van der Waals surface area contributed by atoms with Crippen LogP contribution in [-0.2, 0) is 11.8 Å². The van der Waals surface area contributed by atoms with Gasteiger partial charge in [0.1, 0.15) is 5.82 Å². The number of hydrogen-bond acceptors (Lipinski definition) is 3. The smallest absolute Gasteiger partial charge is 0.273 e. The molecule has 0 unspecified atom stereocenters. The minimum Gasteiger partial charge on any atom is -0.273 e. The summed E-state index contributed by atoms with van der Waals surface area (Å²) in [7, 11) is 0. The maximum Gasteiger partial charge on any atom is 0.357 e. The molecule has 0 spiro atoms. The molecule has 0 aliphatic heterocycles. The number of hydrogen-bond donors (Lipinski definition) is 0. The van der Waals surface area contributed by atoms with Gasteiger partial charge in [-0.25, -0.2) is 9.36 Å². The van der Waals surface area contributed by atoms with Gasteiger partial charge in [0.25, 0.3) is 0 Å². The maximum absolute atomic E-state index is 12.7. The van der Waals surface area contributed by atoms with Crippen molar-refractivity contribution in [2.75, 3.05) is 0 Å². The van der Waals surface area contributed by atoms with E-state index in [-0.39, 0.29) is 5.41 Å². The van der Waals surface area contributed by atoms with Gasteiger partial charge in [-0.3, -0.25) is 4.79 Å². The number of benzene rings is 2. The largest absolute Gasteiger partial charge is 0.357 e.